The lowest BCUT2D eigenvalue weighted by Crippen LogP contribution is -2.11. The summed E-state index contributed by atoms with van der Waals surface area (Å²) in [6, 6.07) is 14.5. The molecule has 0 fully saturated rings. The smallest absolute Gasteiger partial charge is 0.248 e. The third kappa shape index (κ3) is 3.34. The number of hydrogen-bond acceptors (Lipinski definition) is 3. The molecule has 0 aliphatic heterocycles. The third-order valence-electron chi connectivity index (χ3n) is 3.91. The number of rotatable bonds is 2. The third-order valence-corrected chi connectivity index (χ3v) is 3.91. The second-order valence-electron chi connectivity index (χ2n) is 7.12. The van der Waals surface area contributed by atoms with E-state index in [9.17, 15) is 0 Å². The molecule has 3 nitrogen and oxygen atoms in total. The predicted octanol–water partition coefficient (Wildman–Crippen LogP) is 5.32. The van der Waals surface area contributed by atoms with E-state index in [1.54, 1.807) is 0 Å². The molecule has 0 spiro atoms. The molecule has 0 radical (unpaired) electrons. The summed E-state index contributed by atoms with van der Waals surface area (Å²) < 4.78 is 5.90. The Morgan fingerprint density at radius 3 is 1.96 bits per heavy atom. The molecular formula is C20H22N2O. The minimum atomic E-state index is 0.0839. The first kappa shape index (κ1) is 15.5. The van der Waals surface area contributed by atoms with Crippen LogP contribution in [0.3, 0.4) is 0 Å². The van der Waals surface area contributed by atoms with Crippen LogP contribution in [0.25, 0.3) is 22.9 Å². The van der Waals surface area contributed by atoms with Gasteiger partial charge in [0.1, 0.15) is 0 Å². The molecule has 3 rings (SSSR count). The van der Waals surface area contributed by atoms with Gasteiger partial charge in [-0.3, -0.25) is 0 Å². The van der Waals surface area contributed by atoms with Gasteiger partial charge >= 0.3 is 0 Å². The minimum Gasteiger partial charge on any atom is -0.416 e. The van der Waals surface area contributed by atoms with E-state index in [2.05, 4.69) is 63.0 Å². The van der Waals surface area contributed by atoms with Crippen LogP contribution in [-0.4, -0.2) is 10.2 Å². The van der Waals surface area contributed by atoms with Crippen molar-refractivity contribution >= 4 is 0 Å². The Kier molecular flexibility index (Phi) is 3.80. The summed E-state index contributed by atoms with van der Waals surface area (Å²) >= 11 is 0. The van der Waals surface area contributed by atoms with Crippen molar-refractivity contribution in [2.75, 3.05) is 0 Å². The molecule has 0 amide bonds. The van der Waals surface area contributed by atoms with Crippen LogP contribution in [0, 0.1) is 13.8 Å². The Hall–Kier alpha value is -2.42. The van der Waals surface area contributed by atoms with Gasteiger partial charge in [-0.15, -0.1) is 10.2 Å². The summed E-state index contributed by atoms with van der Waals surface area (Å²) in [6.45, 7) is 10.8. The van der Waals surface area contributed by atoms with E-state index >= 15 is 0 Å². The van der Waals surface area contributed by atoms with Crippen LogP contribution in [0.15, 0.2) is 46.9 Å². The van der Waals surface area contributed by atoms with Crippen LogP contribution in [0.1, 0.15) is 37.5 Å². The molecule has 0 N–H and O–H groups in total. The molecule has 0 aliphatic carbocycles. The molecule has 1 aromatic heterocycles. The zero-order chi connectivity index (χ0) is 16.6. The predicted molar refractivity (Wildman–Crippen MR) is 93.3 cm³/mol. The number of aryl methyl sites for hydroxylation is 2. The van der Waals surface area contributed by atoms with Crippen LogP contribution < -0.4 is 0 Å². The lowest BCUT2D eigenvalue weighted by Gasteiger charge is -2.20. The van der Waals surface area contributed by atoms with Gasteiger partial charge in [0.2, 0.25) is 11.8 Å². The largest absolute Gasteiger partial charge is 0.416 e. The van der Waals surface area contributed by atoms with Gasteiger partial charge < -0.3 is 4.42 Å². The summed E-state index contributed by atoms with van der Waals surface area (Å²) in [5.41, 5.74) is 5.67. The first-order chi connectivity index (χ1) is 10.8. The highest BCUT2D eigenvalue weighted by molar-refractivity contribution is 5.60. The van der Waals surface area contributed by atoms with Gasteiger partial charge in [-0.1, -0.05) is 50.1 Å². The molecule has 3 heteroatoms. The maximum Gasteiger partial charge on any atom is 0.248 e. The lowest BCUT2D eigenvalue weighted by molar-refractivity contribution is 0.579. The SMILES string of the molecule is Cc1ccc(-c2nnc(-c3cc(C)cc(C(C)(C)C)c3)o2)cc1. The molecule has 0 saturated heterocycles. The summed E-state index contributed by atoms with van der Waals surface area (Å²) in [5.74, 6) is 1.12. The van der Waals surface area contributed by atoms with Crippen molar-refractivity contribution in [3.05, 3.63) is 59.2 Å². The number of nitrogens with zero attached hydrogens (tertiary/aromatic N) is 2. The molecule has 0 atom stereocenters. The van der Waals surface area contributed by atoms with Gasteiger partial charge in [-0.05, 0) is 49.1 Å². The van der Waals surface area contributed by atoms with Crippen molar-refractivity contribution in [2.45, 2.75) is 40.0 Å². The highest BCUT2D eigenvalue weighted by Crippen LogP contribution is 2.30. The lowest BCUT2D eigenvalue weighted by atomic mass is 9.85. The highest BCUT2D eigenvalue weighted by Gasteiger charge is 2.17. The van der Waals surface area contributed by atoms with E-state index in [0.717, 1.165) is 11.1 Å². The van der Waals surface area contributed by atoms with Gasteiger partial charge in [0.15, 0.2) is 0 Å². The van der Waals surface area contributed by atoms with E-state index in [1.165, 1.54) is 16.7 Å². The van der Waals surface area contributed by atoms with Gasteiger partial charge in [0, 0.05) is 11.1 Å². The van der Waals surface area contributed by atoms with Crippen LogP contribution in [0.2, 0.25) is 0 Å². The summed E-state index contributed by atoms with van der Waals surface area (Å²) in [7, 11) is 0. The Morgan fingerprint density at radius 1 is 0.739 bits per heavy atom. The van der Waals surface area contributed by atoms with E-state index in [1.807, 2.05) is 24.3 Å². The first-order valence-electron chi connectivity index (χ1n) is 7.86. The van der Waals surface area contributed by atoms with E-state index < -0.39 is 0 Å². The normalized spacial score (nSPS) is 11.7. The number of aromatic nitrogens is 2. The first-order valence-corrected chi connectivity index (χ1v) is 7.86. The Morgan fingerprint density at radius 2 is 1.35 bits per heavy atom. The second-order valence-corrected chi connectivity index (χ2v) is 7.12. The van der Waals surface area contributed by atoms with Crippen molar-refractivity contribution in [3.63, 3.8) is 0 Å². The summed E-state index contributed by atoms with van der Waals surface area (Å²) in [5, 5.41) is 8.43. The van der Waals surface area contributed by atoms with Crippen molar-refractivity contribution in [1.82, 2.24) is 10.2 Å². The monoisotopic (exact) mass is 306 g/mol. The second kappa shape index (κ2) is 5.65. The molecule has 118 valence electrons. The van der Waals surface area contributed by atoms with Crippen LogP contribution in [0.4, 0.5) is 0 Å². The van der Waals surface area contributed by atoms with Crippen molar-refractivity contribution in [1.29, 1.82) is 0 Å². The average molecular weight is 306 g/mol. The van der Waals surface area contributed by atoms with Crippen LogP contribution in [0.5, 0.6) is 0 Å². The van der Waals surface area contributed by atoms with Crippen LogP contribution >= 0.6 is 0 Å². The molecule has 23 heavy (non-hydrogen) atoms. The van der Waals surface area contributed by atoms with Crippen molar-refractivity contribution in [3.8, 4) is 22.9 Å². The van der Waals surface area contributed by atoms with Crippen molar-refractivity contribution < 1.29 is 4.42 Å². The molecule has 1 heterocycles. The van der Waals surface area contributed by atoms with Gasteiger partial charge in [-0.2, -0.15) is 0 Å². The fourth-order valence-electron chi connectivity index (χ4n) is 2.49. The average Bonchev–Trinajstić information content (AvgIpc) is 2.96. The zero-order valence-electron chi connectivity index (χ0n) is 14.3. The molecule has 3 aromatic rings. The Labute approximate surface area is 137 Å². The maximum atomic E-state index is 5.90. The molecule has 0 bridgehead atoms. The molecule has 0 unspecified atom stereocenters. The van der Waals surface area contributed by atoms with Crippen molar-refractivity contribution in [2.24, 2.45) is 0 Å². The summed E-state index contributed by atoms with van der Waals surface area (Å²) in [6.07, 6.45) is 0. The molecule has 0 aliphatic rings. The van der Waals surface area contributed by atoms with Gasteiger partial charge in [-0.25, -0.2) is 0 Å². The van der Waals surface area contributed by atoms with E-state index in [0.29, 0.717) is 11.8 Å². The van der Waals surface area contributed by atoms with Gasteiger partial charge in [0.25, 0.3) is 0 Å². The summed E-state index contributed by atoms with van der Waals surface area (Å²) in [4.78, 5) is 0. The minimum absolute atomic E-state index is 0.0839. The van der Waals surface area contributed by atoms with Gasteiger partial charge in [0.05, 0.1) is 0 Å². The standard InChI is InChI=1S/C20H22N2O/c1-13-6-8-15(9-7-13)18-21-22-19(23-18)16-10-14(2)11-17(12-16)20(3,4)5/h6-12H,1-5H3. The molecule has 0 saturated carbocycles. The fraction of sp³-hybridized carbons (Fsp3) is 0.300. The van der Waals surface area contributed by atoms with Crippen LogP contribution in [-0.2, 0) is 5.41 Å². The van der Waals surface area contributed by atoms with E-state index in [-0.39, 0.29) is 5.41 Å². The molecule has 2 aromatic carbocycles. The zero-order valence-corrected chi connectivity index (χ0v) is 14.3. The number of hydrogen-bond donors (Lipinski definition) is 0. The Balaban J connectivity index is 2.00. The maximum absolute atomic E-state index is 5.90. The Bertz CT molecular complexity index is 824. The molecular weight excluding hydrogens is 284 g/mol. The topological polar surface area (TPSA) is 38.9 Å². The quantitative estimate of drug-likeness (QED) is 0.643. The number of benzene rings is 2. The van der Waals surface area contributed by atoms with E-state index in [4.69, 9.17) is 4.42 Å². The highest BCUT2D eigenvalue weighted by atomic mass is 16.4. The fourth-order valence-corrected chi connectivity index (χ4v) is 2.49.